The van der Waals surface area contributed by atoms with E-state index in [-0.39, 0.29) is 5.70 Å². The van der Waals surface area contributed by atoms with Crippen LogP contribution in [0.15, 0.2) is 60.3 Å². The number of halogens is 1. The van der Waals surface area contributed by atoms with E-state index in [0.717, 1.165) is 27.5 Å². The summed E-state index contributed by atoms with van der Waals surface area (Å²) in [5.74, 6) is -0.883. The van der Waals surface area contributed by atoms with E-state index < -0.39 is 17.9 Å². The zero-order chi connectivity index (χ0) is 23.0. The molecule has 1 saturated heterocycles. The number of methoxy groups -OCH3 is 1. The predicted molar refractivity (Wildman–Crippen MR) is 122 cm³/mol. The Hall–Kier alpha value is -3.84. The fourth-order valence-corrected chi connectivity index (χ4v) is 3.95. The zero-order valence-electron chi connectivity index (χ0n) is 17.7. The quantitative estimate of drug-likeness (QED) is 0.357. The van der Waals surface area contributed by atoms with Crippen molar-refractivity contribution < 1.29 is 19.1 Å². The Morgan fingerprint density at radius 1 is 1.03 bits per heavy atom. The molecule has 1 N–H and O–H groups in total. The lowest BCUT2D eigenvalue weighted by atomic mass is 10.2. The minimum atomic E-state index is -0.539. The molecule has 1 aliphatic heterocycles. The highest BCUT2D eigenvalue weighted by Gasteiger charge is 2.35. The second-order valence-corrected chi connectivity index (χ2v) is 7.75. The SMILES string of the molecule is COC(=O)c1cccc(-n2c(C)cc(/C=C3/NC(=O)N(c4cccc(Cl)c4)C3=O)c2C)c1. The van der Waals surface area contributed by atoms with Crippen molar-refractivity contribution in [3.63, 3.8) is 0 Å². The van der Waals surface area contributed by atoms with Crippen LogP contribution in [0.5, 0.6) is 0 Å². The molecule has 0 spiro atoms. The van der Waals surface area contributed by atoms with Crippen molar-refractivity contribution in [1.29, 1.82) is 0 Å². The maximum Gasteiger partial charge on any atom is 0.337 e. The molecule has 0 saturated carbocycles. The minimum absolute atomic E-state index is 0.165. The summed E-state index contributed by atoms with van der Waals surface area (Å²) in [6.45, 7) is 3.83. The van der Waals surface area contributed by atoms with Crippen molar-refractivity contribution in [3.8, 4) is 5.69 Å². The molecule has 0 aliphatic carbocycles. The number of imide groups is 1. The van der Waals surface area contributed by atoms with E-state index >= 15 is 0 Å². The zero-order valence-corrected chi connectivity index (χ0v) is 18.4. The molecule has 1 aromatic heterocycles. The molecular formula is C24H20ClN3O4. The van der Waals surface area contributed by atoms with Gasteiger partial charge in [0.15, 0.2) is 0 Å². The third kappa shape index (κ3) is 3.78. The number of hydrogen-bond acceptors (Lipinski definition) is 4. The Morgan fingerprint density at radius 2 is 1.75 bits per heavy atom. The van der Waals surface area contributed by atoms with Crippen LogP contribution < -0.4 is 10.2 Å². The largest absolute Gasteiger partial charge is 0.465 e. The first-order valence-electron chi connectivity index (χ1n) is 9.80. The number of anilines is 1. The average molecular weight is 450 g/mol. The van der Waals surface area contributed by atoms with Gasteiger partial charge < -0.3 is 14.6 Å². The van der Waals surface area contributed by atoms with Crippen molar-refractivity contribution >= 4 is 41.3 Å². The van der Waals surface area contributed by atoms with Gasteiger partial charge in [-0.2, -0.15) is 0 Å². The normalized spacial score (nSPS) is 14.8. The first-order chi connectivity index (χ1) is 15.3. The molecule has 8 heteroatoms. The molecule has 0 unspecified atom stereocenters. The predicted octanol–water partition coefficient (Wildman–Crippen LogP) is 4.63. The lowest BCUT2D eigenvalue weighted by Crippen LogP contribution is -2.30. The number of rotatable bonds is 4. The van der Waals surface area contributed by atoms with E-state index in [9.17, 15) is 14.4 Å². The number of carbonyl (C=O) groups is 3. The van der Waals surface area contributed by atoms with E-state index in [2.05, 4.69) is 5.32 Å². The number of aromatic nitrogens is 1. The molecule has 1 fully saturated rings. The number of ether oxygens (including phenoxy) is 1. The van der Waals surface area contributed by atoms with Gasteiger partial charge in [-0.15, -0.1) is 0 Å². The van der Waals surface area contributed by atoms with Gasteiger partial charge in [0.05, 0.1) is 18.4 Å². The lowest BCUT2D eigenvalue weighted by molar-refractivity contribution is -0.113. The number of carbonyl (C=O) groups excluding carboxylic acids is 3. The first kappa shape index (κ1) is 21.4. The third-order valence-corrected chi connectivity index (χ3v) is 5.48. The molecule has 2 aromatic carbocycles. The van der Waals surface area contributed by atoms with Crippen molar-refractivity contribution in [2.75, 3.05) is 12.0 Å². The van der Waals surface area contributed by atoms with E-state index in [4.69, 9.17) is 16.3 Å². The van der Waals surface area contributed by atoms with Gasteiger partial charge in [-0.1, -0.05) is 23.7 Å². The molecule has 2 heterocycles. The number of aryl methyl sites for hydroxylation is 1. The second kappa shape index (κ2) is 8.36. The first-order valence-corrected chi connectivity index (χ1v) is 10.2. The van der Waals surface area contributed by atoms with Gasteiger partial charge >= 0.3 is 12.0 Å². The molecule has 1 aliphatic rings. The molecule has 7 nitrogen and oxygen atoms in total. The molecule has 0 atom stereocenters. The van der Waals surface area contributed by atoms with Gasteiger partial charge in [0, 0.05) is 22.1 Å². The number of nitrogens with one attached hydrogen (secondary N) is 1. The Labute approximate surface area is 189 Å². The number of amides is 3. The van der Waals surface area contributed by atoms with Crippen LogP contribution in [-0.2, 0) is 9.53 Å². The van der Waals surface area contributed by atoms with Gasteiger partial charge in [0.2, 0.25) is 0 Å². The van der Waals surface area contributed by atoms with Crippen LogP contribution in [0.4, 0.5) is 10.5 Å². The highest BCUT2D eigenvalue weighted by molar-refractivity contribution is 6.32. The number of benzene rings is 2. The average Bonchev–Trinajstić information content (AvgIpc) is 3.21. The number of hydrogen-bond donors (Lipinski definition) is 1. The van der Waals surface area contributed by atoms with Gasteiger partial charge in [-0.05, 0) is 68.0 Å². The molecule has 32 heavy (non-hydrogen) atoms. The molecule has 3 aromatic rings. The van der Waals surface area contributed by atoms with Crippen LogP contribution in [0.3, 0.4) is 0 Å². The molecule has 0 radical (unpaired) electrons. The fraction of sp³-hybridized carbons (Fsp3) is 0.125. The minimum Gasteiger partial charge on any atom is -0.465 e. The van der Waals surface area contributed by atoms with Crippen LogP contribution in [0, 0.1) is 13.8 Å². The molecular weight excluding hydrogens is 430 g/mol. The summed E-state index contributed by atoms with van der Waals surface area (Å²) in [4.78, 5) is 38.4. The summed E-state index contributed by atoms with van der Waals surface area (Å²) >= 11 is 6.01. The molecule has 4 rings (SSSR count). The Kier molecular flexibility index (Phi) is 5.59. The highest BCUT2D eigenvalue weighted by Crippen LogP contribution is 2.27. The van der Waals surface area contributed by atoms with Gasteiger partial charge in [-0.25, -0.2) is 14.5 Å². The number of nitrogens with zero attached hydrogens (tertiary/aromatic N) is 2. The smallest absolute Gasteiger partial charge is 0.337 e. The van der Waals surface area contributed by atoms with Crippen LogP contribution in [0.25, 0.3) is 11.8 Å². The van der Waals surface area contributed by atoms with Crippen molar-refractivity contribution in [3.05, 3.63) is 87.8 Å². The van der Waals surface area contributed by atoms with Crippen molar-refractivity contribution in [1.82, 2.24) is 9.88 Å². The summed E-state index contributed by atoms with van der Waals surface area (Å²) in [7, 11) is 1.34. The summed E-state index contributed by atoms with van der Waals surface area (Å²) < 4.78 is 6.78. The van der Waals surface area contributed by atoms with Crippen LogP contribution in [0.2, 0.25) is 5.02 Å². The molecule has 0 bridgehead atoms. The van der Waals surface area contributed by atoms with E-state index in [1.807, 2.05) is 30.5 Å². The lowest BCUT2D eigenvalue weighted by Gasteiger charge is -2.11. The van der Waals surface area contributed by atoms with Crippen LogP contribution in [0.1, 0.15) is 27.3 Å². The van der Waals surface area contributed by atoms with Crippen molar-refractivity contribution in [2.45, 2.75) is 13.8 Å². The number of urea groups is 1. The van der Waals surface area contributed by atoms with E-state index in [1.165, 1.54) is 7.11 Å². The van der Waals surface area contributed by atoms with E-state index in [1.54, 1.807) is 48.5 Å². The Bertz CT molecular complexity index is 1290. The van der Waals surface area contributed by atoms with Crippen LogP contribution in [-0.4, -0.2) is 29.6 Å². The topological polar surface area (TPSA) is 80.6 Å². The third-order valence-electron chi connectivity index (χ3n) is 5.24. The Morgan fingerprint density at radius 3 is 2.47 bits per heavy atom. The maximum absolute atomic E-state index is 12.9. The number of esters is 1. The fourth-order valence-electron chi connectivity index (χ4n) is 3.76. The van der Waals surface area contributed by atoms with Gasteiger partial charge in [0.1, 0.15) is 5.70 Å². The second-order valence-electron chi connectivity index (χ2n) is 7.31. The molecule has 162 valence electrons. The standard InChI is InChI=1S/C24H20ClN3O4/c1-14-10-17(15(2)27(14)19-8-4-6-16(11-19)23(30)32-3)12-21-22(29)28(24(31)26-21)20-9-5-7-18(25)13-20/h4-13H,1-3H3,(H,26,31)/b21-12+. The summed E-state index contributed by atoms with van der Waals surface area (Å²) in [5.41, 5.74) is 4.30. The summed E-state index contributed by atoms with van der Waals surface area (Å²) in [6, 6.07) is 15.0. The van der Waals surface area contributed by atoms with Crippen molar-refractivity contribution in [2.24, 2.45) is 0 Å². The highest BCUT2D eigenvalue weighted by atomic mass is 35.5. The molecule has 3 amide bonds. The van der Waals surface area contributed by atoms with Crippen LogP contribution >= 0.6 is 11.6 Å². The van der Waals surface area contributed by atoms with E-state index in [0.29, 0.717) is 16.3 Å². The van der Waals surface area contributed by atoms with Gasteiger partial charge in [-0.3, -0.25) is 4.79 Å². The maximum atomic E-state index is 12.9. The van der Waals surface area contributed by atoms with Gasteiger partial charge in [0.25, 0.3) is 5.91 Å². The summed E-state index contributed by atoms with van der Waals surface area (Å²) in [5, 5.41) is 3.06. The summed E-state index contributed by atoms with van der Waals surface area (Å²) in [6.07, 6.45) is 1.65. The monoisotopic (exact) mass is 449 g/mol. The Balaban J connectivity index is 1.70.